The number of pyridine rings is 1. The second-order valence-electron chi connectivity index (χ2n) is 4.79. The number of furan rings is 1. The highest BCUT2D eigenvalue weighted by molar-refractivity contribution is 5.88. The lowest BCUT2D eigenvalue weighted by molar-refractivity contribution is 0.0695. The predicted molar refractivity (Wildman–Crippen MR) is 75.5 cm³/mol. The lowest BCUT2D eigenvalue weighted by Gasteiger charge is -2.07. The summed E-state index contributed by atoms with van der Waals surface area (Å²) in [6, 6.07) is 5.40. The van der Waals surface area contributed by atoms with Crippen LogP contribution >= 0.6 is 0 Å². The first kappa shape index (κ1) is 13.2. The van der Waals surface area contributed by atoms with Crippen LogP contribution < -0.4 is 5.32 Å². The number of fused-ring (bicyclic) bond motifs is 1. The third-order valence-corrected chi connectivity index (χ3v) is 3.17. The number of hydrogen-bond donors (Lipinski definition) is 2. The van der Waals surface area contributed by atoms with E-state index < -0.39 is 5.97 Å². The number of aromatic nitrogens is 3. The molecule has 0 aliphatic heterocycles. The zero-order valence-electron chi connectivity index (χ0n) is 11.6. The number of aromatic carboxylic acids is 1. The second kappa shape index (κ2) is 4.93. The molecule has 7 heteroatoms. The van der Waals surface area contributed by atoms with Crippen LogP contribution in [0.4, 0.5) is 5.82 Å². The Morgan fingerprint density at radius 3 is 2.90 bits per heavy atom. The molecular weight excluding hydrogens is 272 g/mol. The molecule has 0 saturated heterocycles. The minimum atomic E-state index is -0.989. The molecule has 0 aliphatic carbocycles. The monoisotopic (exact) mass is 286 g/mol. The van der Waals surface area contributed by atoms with Crippen LogP contribution in [0.15, 0.2) is 28.9 Å². The Balaban J connectivity index is 1.85. The zero-order chi connectivity index (χ0) is 15.0. The Kier molecular flexibility index (Phi) is 3.09. The van der Waals surface area contributed by atoms with E-state index in [0.717, 1.165) is 17.0 Å². The van der Waals surface area contributed by atoms with Gasteiger partial charge in [-0.3, -0.25) is 0 Å². The van der Waals surface area contributed by atoms with Crippen LogP contribution in [0.3, 0.4) is 0 Å². The van der Waals surface area contributed by atoms with Gasteiger partial charge >= 0.3 is 5.97 Å². The van der Waals surface area contributed by atoms with Crippen LogP contribution in [0.25, 0.3) is 5.65 Å². The van der Waals surface area contributed by atoms with Crippen molar-refractivity contribution >= 4 is 17.4 Å². The van der Waals surface area contributed by atoms with E-state index in [1.165, 1.54) is 12.4 Å². The summed E-state index contributed by atoms with van der Waals surface area (Å²) in [4.78, 5) is 15.1. The maximum absolute atomic E-state index is 11.0. The molecule has 0 spiro atoms. The number of carboxylic acids is 1. The molecule has 0 radical (unpaired) electrons. The molecule has 108 valence electrons. The number of rotatable bonds is 4. The van der Waals surface area contributed by atoms with E-state index in [2.05, 4.69) is 15.4 Å². The lowest BCUT2D eigenvalue weighted by Crippen LogP contribution is -2.05. The molecule has 3 heterocycles. The van der Waals surface area contributed by atoms with E-state index in [4.69, 9.17) is 9.52 Å². The molecule has 0 aromatic carbocycles. The van der Waals surface area contributed by atoms with Gasteiger partial charge in [-0.15, -0.1) is 0 Å². The van der Waals surface area contributed by atoms with Crippen molar-refractivity contribution in [3.8, 4) is 0 Å². The van der Waals surface area contributed by atoms with Gasteiger partial charge in [-0.1, -0.05) is 0 Å². The molecule has 3 aromatic rings. The van der Waals surface area contributed by atoms with Crippen molar-refractivity contribution in [3.05, 3.63) is 47.2 Å². The van der Waals surface area contributed by atoms with Gasteiger partial charge in [0, 0.05) is 0 Å². The minimum Gasteiger partial charge on any atom is -0.478 e. The van der Waals surface area contributed by atoms with Crippen LogP contribution in [-0.4, -0.2) is 25.7 Å². The molecule has 0 fully saturated rings. The first-order valence-electron chi connectivity index (χ1n) is 6.41. The van der Waals surface area contributed by atoms with Crippen LogP contribution in [0.5, 0.6) is 0 Å². The number of anilines is 1. The first-order valence-corrected chi connectivity index (χ1v) is 6.41. The summed E-state index contributed by atoms with van der Waals surface area (Å²) in [6.07, 6.45) is 1.49. The fraction of sp³-hybridized carbons (Fsp3) is 0.214. The first-order chi connectivity index (χ1) is 10.0. The Morgan fingerprint density at radius 2 is 2.19 bits per heavy atom. The maximum Gasteiger partial charge on any atom is 0.339 e. The van der Waals surface area contributed by atoms with Gasteiger partial charge in [0.2, 0.25) is 0 Å². The number of nitrogens with one attached hydrogen (secondary N) is 1. The molecule has 7 nitrogen and oxygen atoms in total. The van der Waals surface area contributed by atoms with Gasteiger partial charge in [-0.05, 0) is 37.6 Å². The van der Waals surface area contributed by atoms with Crippen molar-refractivity contribution in [2.45, 2.75) is 20.4 Å². The van der Waals surface area contributed by atoms with Gasteiger partial charge in [-0.2, -0.15) is 9.61 Å². The number of nitrogens with zero attached hydrogens (tertiary/aromatic N) is 3. The summed E-state index contributed by atoms with van der Waals surface area (Å²) in [5, 5.41) is 16.3. The van der Waals surface area contributed by atoms with Crippen molar-refractivity contribution in [1.82, 2.24) is 14.6 Å². The van der Waals surface area contributed by atoms with Crippen LogP contribution in [-0.2, 0) is 6.54 Å². The zero-order valence-corrected chi connectivity index (χ0v) is 11.6. The molecule has 3 rings (SSSR count). The van der Waals surface area contributed by atoms with Crippen LogP contribution in [0, 0.1) is 13.8 Å². The standard InChI is InChI=1S/C14H14N4O3/c1-8-3-12(18-13(4-8)16-7-17-18)15-6-10-5-11(14(19)20)9(2)21-10/h3-5,7,15H,6H2,1-2H3,(H,19,20). The maximum atomic E-state index is 11.0. The molecular formula is C14H14N4O3. The normalized spacial score (nSPS) is 11.0. The van der Waals surface area contributed by atoms with Gasteiger partial charge in [0.1, 0.15) is 29.2 Å². The largest absolute Gasteiger partial charge is 0.478 e. The Morgan fingerprint density at radius 1 is 1.38 bits per heavy atom. The van der Waals surface area contributed by atoms with Crippen molar-refractivity contribution in [3.63, 3.8) is 0 Å². The summed E-state index contributed by atoms with van der Waals surface area (Å²) in [7, 11) is 0. The van der Waals surface area contributed by atoms with Crippen LogP contribution in [0.1, 0.15) is 27.4 Å². The van der Waals surface area contributed by atoms with Gasteiger partial charge < -0.3 is 14.8 Å². The summed E-state index contributed by atoms with van der Waals surface area (Å²) in [5.41, 5.74) is 1.99. The van der Waals surface area contributed by atoms with Gasteiger partial charge in [0.25, 0.3) is 0 Å². The molecule has 0 saturated carbocycles. The number of carboxylic acid groups (broad SMARTS) is 1. The van der Waals surface area contributed by atoms with Crippen molar-refractivity contribution in [2.75, 3.05) is 5.32 Å². The number of aryl methyl sites for hydroxylation is 2. The van der Waals surface area contributed by atoms with Crippen molar-refractivity contribution in [1.29, 1.82) is 0 Å². The SMILES string of the molecule is Cc1cc(NCc2cc(C(=O)O)c(C)o2)n2ncnc2c1. The second-order valence-corrected chi connectivity index (χ2v) is 4.79. The van der Waals surface area contributed by atoms with E-state index in [-0.39, 0.29) is 5.56 Å². The van der Waals surface area contributed by atoms with E-state index in [1.807, 2.05) is 19.1 Å². The fourth-order valence-corrected chi connectivity index (χ4v) is 2.20. The van der Waals surface area contributed by atoms with Gasteiger partial charge in [0.05, 0.1) is 6.54 Å². The molecule has 3 aromatic heterocycles. The highest BCUT2D eigenvalue weighted by Crippen LogP contribution is 2.18. The summed E-state index contributed by atoms with van der Waals surface area (Å²) in [6.45, 7) is 3.97. The Bertz CT molecular complexity index is 819. The summed E-state index contributed by atoms with van der Waals surface area (Å²) < 4.78 is 7.11. The molecule has 2 N–H and O–H groups in total. The fourth-order valence-electron chi connectivity index (χ4n) is 2.20. The number of carbonyl (C=O) groups is 1. The molecule has 0 bridgehead atoms. The molecule has 0 unspecified atom stereocenters. The Hall–Kier alpha value is -2.83. The predicted octanol–water partition coefficient (Wildman–Crippen LogP) is 2.25. The molecule has 21 heavy (non-hydrogen) atoms. The van der Waals surface area contributed by atoms with E-state index in [0.29, 0.717) is 18.1 Å². The van der Waals surface area contributed by atoms with Crippen LogP contribution in [0.2, 0.25) is 0 Å². The van der Waals surface area contributed by atoms with E-state index in [1.54, 1.807) is 11.4 Å². The average molecular weight is 286 g/mol. The van der Waals surface area contributed by atoms with Gasteiger partial charge in [0.15, 0.2) is 5.65 Å². The third kappa shape index (κ3) is 2.45. The average Bonchev–Trinajstić information content (AvgIpc) is 3.02. The van der Waals surface area contributed by atoms with Crippen molar-refractivity contribution in [2.24, 2.45) is 0 Å². The molecule has 0 atom stereocenters. The Labute approximate surface area is 120 Å². The third-order valence-electron chi connectivity index (χ3n) is 3.17. The molecule has 0 aliphatic rings. The topological polar surface area (TPSA) is 92.7 Å². The summed E-state index contributed by atoms with van der Waals surface area (Å²) >= 11 is 0. The van der Waals surface area contributed by atoms with Gasteiger partial charge in [-0.25, -0.2) is 9.78 Å². The lowest BCUT2D eigenvalue weighted by atomic mass is 10.2. The smallest absolute Gasteiger partial charge is 0.339 e. The minimum absolute atomic E-state index is 0.182. The highest BCUT2D eigenvalue weighted by Gasteiger charge is 2.13. The number of hydrogen-bond acceptors (Lipinski definition) is 5. The quantitative estimate of drug-likeness (QED) is 0.764. The molecule has 0 amide bonds. The van der Waals surface area contributed by atoms with Crippen molar-refractivity contribution < 1.29 is 14.3 Å². The van der Waals surface area contributed by atoms with E-state index >= 15 is 0 Å². The highest BCUT2D eigenvalue weighted by atomic mass is 16.4. The van der Waals surface area contributed by atoms with E-state index in [9.17, 15) is 4.79 Å². The summed E-state index contributed by atoms with van der Waals surface area (Å²) in [5.74, 6) is 0.735.